The van der Waals surface area contributed by atoms with Crippen LogP contribution < -0.4 is 16.0 Å². The summed E-state index contributed by atoms with van der Waals surface area (Å²) in [4.78, 5) is 17.2. The molecule has 150 valence electrons. The van der Waals surface area contributed by atoms with Gasteiger partial charge in [-0.05, 0) is 30.2 Å². The Morgan fingerprint density at radius 3 is 2.50 bits per heavy atom. The summed E-state index contributed by atoms with van der Waals surface area (Å²) in [6.45, 7) is 11.2. The highest BCUT2D eigenvalue weighted by Gasteiger charge is 2.24. The van der Waals surface area contributed by atoms with Crippen LogP contribution in [0, 0.1) is 5.41 Å². The fraction of sp³-hybridized carbons (Fsp3) is 0.667. The smallest absolute Gasteiger partial charge is 0.261 e. The standard InChI is InChI=1S/C18H32N4O2S.HI/c1-6-19-17(22-13-15(24-5)18(2,3)4)21-11-8-10-20-16(23)14-9-7-12-25-14;/h7,9,12,15H,6,8,10-11,13H2,1-5H3,(H,20,23)(H2,19,21,22);1H. The topological polar surface area (TPSA) is 74.8 Å². The van der Waals surface area contributed by atoms with Gasteiger partial charge in [-0.1, -0.05) is 26.8 Å². The molecular formula is C18H33IN4O2S. The second-order valence-electron chi connectivity index (χ2n) is 6.82. The molecule has 0 spiro atoms. The zero-order valence-corrected chi connectivity index (χ0v) is 19.6. The number of hydrogen-bond donors (Lipinski definition) is 3. The van der Waals surface area contributed by atoms with Gasteiger partial charge in [0.2, 0.25) is 0 Å². The molecule has 26 heavy (non-hydrogen) atoms. The average molecular weight is 496 g/mol. The highest BCUT2D eigenvalue weighted by Crippen LogP contribution is 2.21. The van der Waals surface area contributed by atoms with Gasteiger partial charge in [0.1, 0.15) is 0 Å². The summed E-state index contributed by atoms with van der Waals surface area (Å²) in [6, 6.07) is 3.71. The number of nitrogens with one attached hydrogen (secondary N) is 3. The molecule has 0 radical (unpaired) electrons. The van der Waals surface area contributed by atoms with Crippen molar-refractivity contribution in [2.24, 2.45) is 10.4 Å². The Bertz CT molecular complexity index is 530. The van der Waals surface area contributed by atoms with E-state index in [4.69, 9.17) is 4.74 Å². The maximum Gasteiger partial charge on any atom is 0.261 e. The highest BCUT2D eigenvalue weighted by molar-refractivity contribution is 14.0. The predicted octanol–water partition coefficient (Wildman–Crippen LogP) is 3.10. The number of thiophene rings is 1. The number of nitrogens with zero attached hydrogens (tertiary/aromatic N) is 1. The van der Waals surface area contributed by atoms with Gasteiger partial charge in [0, 0.05) is 26.7 Å². The molecule has 3 N–H and O–H groups in total. The molecule has 0 fully saturated rings. The monoisotopic (exact) mass is 496 g/mol. The van der Waals surface area contributed by atoms with Crippen LogP contribution in [-0.2, 0) is 4.74 Å². The summed E-state index contributed by atoms with van der Waals surface area (Å²) in [5, 5.41) is 11.4. The van der Waals surface area contributed by atoms with E-state index in [1.54, 1.807) is 7.11 Å². The van der Waals surface area contributed by atoms with Crippen LogP contribution in [0.5, 0.6) is 0 Å². The van der Waals surface area contributed by atoms with Crippen LogP contribution in [0.25, 0.3) is 0 Å². The molecule has 1 aromatic heterocycles. The number of halogens is 1. The van der Waals surface area contributed by atoms with Gasteiger partial charge in [-0.3, -0.25) is 9.79 Å². The van der Waals surface area contributed by atoms with Crippen LogP contribution in [-0.4, -0.2) is 51.3 Å². The Kier molecular flexibility index (Phi) is 12.9. The Morgan fingerprint density at radius 1 is 1.27 bits per heavy atom. The third-order valence-corrected chi connectivity index (χ3v) is 4.56. The van der Waals surface area contributed by atoms with Gasteiger partial charge in [0.25, 0.3) is 5.91 Å². The minimum Gasteiger partial charge on any atom is -0.379 e. The van der Waals surface area contributed by atoms with Crippen molar-refractivity contribution in [3.05, 3.63) is 22.4 Å². The van der Waals surface area contributed by atoms with Crippen LogP contribution in [0.3, 0.4) is 0 Å². The number of ether oxygens (including phenoxy) is 1. The largest absolute Gasteiger partial charge is 0.379 e. The normalized spacial score (nSPS) is 12.9. The van der Waals surface area contributed by atoms with Crippen LogP contribution in [0.1, 0.15) is 43.8 Å². The maximum atomic E-state index is 11.8. The molecule has 8 heteroatoms. The van der Waals surface area contributed by atoms with Crippen LogP contribution >= 0.6 is 35.3 Å². The maximum absolute atomic E-state index is 11.8. The van der Waals surface area contributed by atoms with Crippen molar-refractivity contribution < 1.29 is 9.53 Å². The lowest BCUT2D eigenvalue weighted by molar-refractivity contribution is 0.0241. The SMILES string of the molecule is CCNC(=NCC(OC)C(C)(C)C)NCCCNC(=O)c1cccs1.I. The minimum atomic E-state index is -0.0105. The third kappa shape index (κ3) is 9.72. The number of amides is 1. The molecule has 1 aromatic rings. The number of aliphatic imine (C=N–C) groups is 1. The fourth-order valence-electron chi connectivity index (χ4n) is 2.21. The first kappa shape index (κ1) is 25.1. The Labute approximate surface area is 178 Å². The lowest BCUT2D eigenvalue weighted by Crippen LogP contribution is -2.40. The van der Waals surface area contributed by atoms with Gasteiger partial charge in [0.15, 0.2) is 5.96 Å². The third-order valence-electron chi connectivity index (χ3n) is 3.69. The van der Waals surface area contributed by atoms with E-state index in [2.05, 4.69) is 41.7 Å². The summed E-state index contributed by atoms with van der Waals surface area (Å²) in [5.41, 5.74) is 0.0433. The van der Waals surface area contributed by atoms with E-state index < -0.39 is 0 Å². The van der Waals surface area contributed by atoms with Gasteiger partial charge in [-0.15, -0.1) is 35.3 Å². The van der Waals surface area contributed by atoms with E-state index in [0.29, 0.717) is 13.1 Å². The quantitative estimate of drug-likeness (QED) is 0.213. The number of methoxy groups -OCH3 is 1. The molecule has 0 aliphatic rings. The van der Waals surface area contributed by atoms with E-state index in [9.17, 15) is 4.79 Å². The van der Waals surface area contributed by atoms with Gasteiger partial charge < -0.3 is 20.7 Å². The van der Waals surface area contributed by atoms with Crippen molar-refractivity contribution in [1.82, 2.24) is 16.0 Å². The predicted molar refractivity (Wildman–Crippen MR) is 121 cm³/mol. The molecule has 1 rings (SSSR count). The van der Waals surface area contributed by atoms with E-state index in [1.165, 1.54) is 11.3 Å². The number of carbonyl (C=O) groups excluding carboxylic acids is 1. The Morgan fingerprint density at radius 2 is 1.96 bits per heavy atom. The Balaban J connectivity index is 0.00000625. The molecule has 0 bridgehead atoms. The molecular weight excluding hydrogens is 463 g/mol. The van der Waals surface area contributed by atoms with Crippen LogP contribution in [0.4, 0.5) is 0 Å². The summed E-state index contributed by atoms with van der Waals surface area (Å²) in [6.07, 6.45) is 0.891. The molecule has 0 saturated heterocycles. The summed E-state index contributed by atoms with van der Waals surface area (Å²) in [5.74, 6) is 0.766. The van der Waals surface area contributed by atoms with E-state index in [0.717, 1.165) is 30.3 Å². The number of hydrogen-bond acceptors (Lipinski definition) is 4. The first-order valence-corrected chi connectivity index (χ1v) is 9.63. The van der Waals surface area contributed by atoms with Crippen molar-refractivity contribution >= 4 is 47.2 Å². The summed E-state index contributed by atoms with van der Waals surface area (Å²) >= 11 is 1.45. The van der Waals surface area contributed by atoms with Gasteiger partial charge in [-0.2, -0.15) is 0 Å². The van der Waals surface area contributed by atoms with E-state index in [1.807, 2.05) is 24.4 Å². The summed E-state index contributed by atoms with van der Waals surface area (Å²) in [7, 11) is 1.72. The van der Waals surface area contributed by atoms with Crippen molar-refractivity contribution in [2.45, 2.75) is 40.2 Å². The van der Waals surface area contributed by atoms with Crippen molar-refractivity contribution in [3.63, 3.8) is 0 Å². The molecule has 1 amide bonds. The fourth-order valence-corrected chi connectivity index (χ4v) is 2.85. The minimum absolute atomic E-state index is 0. The lowest BCUT2D eigenvalue weighted by atomic mass is 9.89. The van der Waals surface area contributed by atoms with Gasteiger partial charge >= 0.3 is 0 Å². The Hall–Kier alpha value is -0.870. The van der Waals surface area contributed by atoms with Gasteiger partial charge in [-0.25, -0.2) is 0 Å². The molecule has 0 aliphatic heterocycles. The molecule has 1 atom stereocenters. The van der Waals surface area contributed by atoms with E-state index in [-0.39, 0.29) is 41.4 Å². The lowest BCUT2D eigenvalue weighted by Gasteiger charge is -2.28. The number of rotatable bonds is 9. The first-order valence-electron chi connectivity index (χ1n) is 8.75. The average Bonchev–Trinajstić information content (AvgIpc) is 3.08. The zero-order chi connectivity index (χ0) is 18.7. The second-order valence-corrected chi connectivity index (χ2v) is 7.77. The molecule has 1 unspecified atom stereocenters. The van der Waals surface area contributed by atoms with Crippen LogP contribution in [0.2, 0.25) is 0 Å². The molecule has 0 saturated carbocycles. The van der Waals surface area contributed by atoms with Crippen LogP contribution in [0.15, 0.2) is 22.5 Å². The highest BCUT2D eigenvalue weighted by atomic mass is 127. The molecule has 0 aromatic carbocycles. The number of carbonyl (C=O) groups is 1. The zero-order valence-electron chi connectivity index (χ0n) is 16.4. The van der Waals surface area contributed by atoms with E-state index >= 15 is 0 Å². The molecule has 0 aliphatic carbocycles. The first-order chi connectivity index (χ1) is 11.9. The van der Waals surface area contributed by atoms with Crippen molar-refractivity contribution in [3.8, 4) is 0 Å². The molecule has 6 nitrogen and oxygen atoms in total. The molecule has 1 heterocycles. The van der Waals surface area contributed by atoms with Crippen molar-refractivity contribution in [1.29, 1.82) is 0 Å². The van der Waals surface area contributed by atoms with Gasteiger partial charge in [0.05, 0.1) is 17.5 Å². The second kappa shape index (κ2) is 13.3. The number of guanidine groups is 1. The van der Waals surface area contributed by atoms with Crippen molar-refractivity contribution in [2.75, 3.05) is 33.3 Å². The summed E-state index contributed by atoms with van der Waals surface area (Å²) < 4.78 is 5.54.